The van der Waals surface area contributed by atoms with Gasteiger partial charge in [0.1, 0.15) is 5.75 Å². The van der Waals surface area contributed by atoms with Crippen molar-refractivity contribution in [2.24, 2.45) is 0 Å². The van der Waals surface area contributed by atoms with Crippen LogP contribution < -0.4 is 10.1 Å². The molecule has 5 nitrogen and oxygen atoms in total. The largest absolute Gasteiger partial charge is 0.492 e. The SMILES string of the molecule is CN(C)CCNC(=O)CCCOc1cccnc1. The third kappa shape index (κ3) is 6.85. The van der Waals surface area contributed by atoms with Gasteiger partial charge in [0.15, 0.2) is 0 Å². The highest BCUT2D eigenvalue weighted by Gasteiger charge is 2.01. The van der Waals surface area contributed by atoms with Crippen molar-refractivity contribution in [2.45, 2.75) is 12.8 Å². The van der Waals surface area contributed by atoms with E-state index in [0.717, 1.165) is 12.3 Å². The second-order valence-corrected chi connectivity index (χ2v) is 4.29. The summed E-state index contributed by atoms with van der Waals surface area (Å²) in [5.41, 5.74) is 0. The van der Waals surface area contributed by atoms with E-state index in [1.54, 1.807) is 12.4 Å². The summed E-state index contributed by atoms with van der Waals surface area (Å²) in [6, 6.07) is 3.67. The van der Waals surface area contributed by atoms with Crippen LogP contribution in [0.3, 0.4) is 0 Å². The smallest absolute Gasteiger partial charge is 0.220 e. The fourth-order valence-corrected chi connectivity index (χ4v) is 1.36. The Hall–Kier alpha value is -1.62. The molecule has 0 saturated carbocycles. The average Bonchev–Trinajstić information content (AvgIpc) is 2.35. The topological polar surface area (TPSA) is 54.5 Å². The quantitative estimate of drug-likeness (QED) is 0.698. The molecule has 1 heterocycles. The van der Waals surface area contributed by atoms with E-state index in [4.69, 9.17) is 4.74 Å². The van der Waals surface area contributed by atoms with E-state index >= 15 is 0 Å². The summed E-state index contributed by atoms with van der Waals surface area (Å²) in [6.45, 7) is 2.08. The van der Waals surface area contributed by atoms with Crippen LogP contribution >= 0.6 is 0 Å². The van der Waals surface area contributed by atoms with Crippen LogP contribution in [-0.4, -0.2) is 49.6 Å². The first-order valence-corrected chi connectivity index (χ1v) is 6.13. The molecule has 1 amide bonds. The van der Waals surface area contributed by atoms with Gasteiger partial charge in [0, 0.05) is 25.7 Å². The van der Waals surface area contributed by atoms with Gasteiger partial charge in [-0.05, 0) is 32.6 Å². The van der Waals surface area contributed by atoms with Crippen LogP contribution in [0.2, 0.25) is 0 Å². The first-order chi connectivity index (χ1) is 8.68. The number of hydrogen-bond donors (Lipinski definition) is 1. The lowest BCUT2D eigenvalue weighted by Gasteiger charge is -2.10. The number of pyridine rings is 1. The molecule has 0 spiro atoms. The van der Waals surface area contributed by atoms with Gasteiger partial charge < -0.3 is 15.0 Å². The normalized spacial score (nSPS) is 10.4. The number of carbonyl (C=O) groups excluding carboxylic acids is 1. The summed E-state index contributed by atoms with van der Waals surface area (Å²) in [6.07, 6.45) is 4.57. The van der Waals surface area contributed by atoms with Crippen LogP contribution in [0.4, 0.5) is 0 Å². The Morgan fingerprint density at radius 1 is 1.50 bits per heavy atom. The molecule has 0 bridgehead atoms. The van der Waals surface area contributed by atoms with Crippen molar-refractivity contribution in [3.63, 3.8) is 0 Å². The Morgan fingerprint density at radius 3 is 3.00 bits per heavy atom. The van der Waals surface area contributed by atoms with Crippen molar-refractivity contribution in [2.75, 3.05) is 33.8 Å². The lowest BCUT2D eigenvalue weighted by atomic mass is 10.3. The summed E-state index contributed by atoms with van der Waals surface area (Å²) in [4.78, 5) is 17.4. The highest BCUT2D eigenvalue weighted by atomic mass is 16.5. The fourth-order valence-electron chi connectivity index (χ4n) is 1.36. The second kappa shape index (κ2) is 8.47. The third-order valence-electron chi connectivity index (χ3n) is 2.33. The first-order valence-electron chi connectivity index (χ1n) is 6.13. The first kappa shape index (κ1) is 14.4. The zero-order chi connectivity index (χ0) is 13.2. The van der Waals surface area contributed by atoms with Gasteiger partial charge in [0.05, 0.1) is 12.8 Å². The van der Waals surface area contributed by atoms with Gasteiger partial charge in [-0.15, -0.1) is 0 Å². The number of nitrogens with one attached hydrogen (secondary N) is 1. The van der Waals surface area contributed by atoms with Crippen LogP contribution in [0, 0.1) is 0 Å². The van der Waals surface area contributed by atoms with Crippen molar-refractivity contribution in [3.05, 3.63) is 24.5 Å². The predicted molar refractivity (Wildman–Crippen MR) is 70.5 cm³/mol. The molecule has 0 aliphatic carbocycles. The Balaban J connectivity index is 2.02. The second-order valence-electron chi connectivity index (χ2n) is 4.29. The predicted octanol–water partition coefficient (Wildman–Crippen LogP) is 0.918. The summed E-state index contributed by atoms with van der Waals surface area (Å²) in [5.74, 6) is 0.817. The number of likely N-dealkylation sites (N-methyl/N-ethyl adjacent to an activating group) is 1. The Kier molecular flexibility index (Phi) is 6.79. The van der Waals surface area contributed by atoms with E-state index < -0.39 is 0 Å². The highest BCUT2D eigenvalue weighted by Crippen LogP contribution is 2.06. The number of aromatic nitrogens is 1. The van der Waals surface area contributed by atoms with E-state index in [-0.39, 0.29) is 5.91 Å². The maximum atomic E-state index is 11.4. The van der Waals surface area contributed by atoms with Crippen molar-refractivity contribution in [3.8, 4) is 5.75 Å². The molecule has 1 N–H and O–H groups in total. The summed E-state index contributed by atoms with van der Waals surface area (Å²) in [5, 5.41) is 2.86. The van der Waals surface area contributed by atoms with Crippen molar-refractivity contribution in [1.82, 2.24) is 15.2 Å². The molecule has 1 aromatic heterocycles. The number of rotatable bonds is 8. The van der Waals surface area contributed by atoms with Gasteiger partial charge in [0.25, 0.3) is 0 Å². The molecule has 0 fully saturated rings. The molecule has 0 atom stereocenters. The molecule has 0 aliphatic rings. The van der Waals surface area contributed by atoms with Crippen LogP contribution in [0.5, 0.6) is 5.75 Å². The zero-order valence-corrected chi connectivity index (χ0v) is 11.1. The lowest BCUT2D eigenvalue weighted by Crippen LogP contribution is -2.31. The molecule has 5 heteroatoms. The Morgan fingerprint density at radius 2 is 2.33 bits per heavy atom. The van der Waals surface area contributed by atoms with Gasteiger partial charge in [-0.3, -0.25) is 9.78 Å². The van der Waals surface area contributed by atoms with Crippen molar-refractivity contribution in [1.29, 1.82) is 0 Å². The molecule has 0 aromatic carbocycles. The number of nitrogens with zero attached hydrogens (tertiary/aromatic N) is 2. The lowest BCUT2D eigenvalue weighted by molar-refractivity contribution is -0.121. The van der Waals surface area contributed by atoms with Crippen molar-refractivity contribution < 1.29 is 9.53 Å². The molecule has 0 unspecified atom stereocenters. The average molecular weight is 251 g/mol. The third-order valence-corrected chi connectivity index (χ3v) is 2.33. The zero-order valence-electron chi connectivity index (χ0n) is 11.1. The number of ether oxygens (including phenoxy) is 1. The molecule has 18 heavy (non-hydrogen) atoms. The molecular weight excluding hydrogens is 230 g/mol. The minimum atomic E-state index is 0.0756. The minimum Gasteiger partial charge on any atom is -0.492 e. The maximum absolute atomic E-state index is 11.4. The van der Waals surface area contributed by atoms with Gasteiger partial charge in [0.2, 0.25) is 5.91 Å². The molecule has 1 rings (SSSR count). The van der Waals surface area contributed by atoms with E-state index in [2.05, 4.69) is 10.3 Å². The monoisotopic (exact) mass is 251 g/mol. The summed E-state index contributed by atoms with van der Waals surface area (Å²) < 4.78 is 5.45. The number of carbonyl (C=O) groups is 1. The van der Waals surface area contributed by atoms with Crippen LogP contribution in [0.1, 0.15) is 12.8 Å². The van der Waals surface area contributed by atoms with E-state index in [1.807, 2.05) is 31.1 Å². The standard InChI is InChI=1S/C13H21N3O2/c1-16(2)9-8-15-13(17)6-4-10-18-12-5-3-7-14-11-12/h3,5,7,11H,4,6,8-10H2,1-2H3,(H,15,17). The van der Waals surface area contributed by atoms with Gasteiger partial charge in [-0.25, -0.2) is 0 Å². The summed E-state index contributed by atoms with van der Waals surface area (Å²) in [7, 11) is 3.96. The van der Waals surface area contributed by atoms with E-state index in [1.165, 1.54) is 0 Å². The fraction of sp³-hybridized carbons (Fsp3) is 0.538. The molecule has 0 aliphatic heterocycles. The molecule has 100 valence electrons. The number of hydrogen-bond acceptors (Lipinski definition) is 4. The number of amides is 1. The maximum Gasteiger partial charge on any atom is 0.220 e. The molecule has 1 aromatic rings. The van der Waals surface area contributed by atoms with Crippen LogP contribution in [0.15, 0.2) is 24.5 Å². The molecular formula is C13H21N3O2. The highest BCUT2D eigenvalue weighted by molar-refractivity contribution is 5.75. The van der Waals surface area contributed by atoms with Gasteiger partial charge in [-0.1, -0.05) is 0 Å². The van der Waals surface area contributed by atoms with Crippen LogP contribution in [-0.2, 0) is 4.79 Å². The molecule has 0 radical (unpaired) electrons. The Bertz CT molecular complexity index is 341. The van der Waals surface area contributed by atoms with E-state index in [9.17, 15) is 4.79 Å². The Labute approximate surface area is 108 Å². The summed E-state index contributed by atoms with van der Waals surface area (Å²) >= 11 is 0. The van der Waals surface area contributed by atoms with Crippen molar-refractivity contribution >= 4 is 5.91 Å². The van der Waals surface area contributed by atoms with Gasteiger partial charge >= 0.3 is 0 Å². The van der Waals surface area contributed by atoms with Gasteiger partial charge in [-0.2, -0.15) is 0 Å². The van der Waals surface area contributed by atoms with E-state index in [0.29, 0.717) is 26.0 Å². The molecule has 0 saturated heterocycles. The van der Waals surface area contributed by atoms with Crippen LogP contribution in [0.25, 0.3) is 0 Å². The minimum absolute atomic E-state index is 0.0756.